The van der Waals surface area contributed by atoms with Gasteiger partial charge < -0.3 is 4.90 Å². The minimum Gasteiger partial charge on any atom is -0.339 e. The van der Waals surface area contributed by atoms with Gasteiger partial charge in [0.15, 0.2) is 0 Å². The monoisotopic (exact) mass is 435 g/mol. The Balaban J connectivity index is 1.86. The molecule has 1 atom stereocenters. The van der Waals surface area contributed by atoms with Crippen molar-refractivity contribution in [1.29, 1.82) is 0 Å². The molecule has 2 heterocycles. The number of pyridine rings is 1. The van der Waals surface area contributed by atoms with Crippen molar-refractivity contribution in [3.63, 3.8) is 0 Å². The zero-order valence-corrected chi connectivity index (χ0v) is 17.8. The van der Waals surface area contributed by atoms with E-state index in [1.807, 2.05) is 19.1 Å². The van der Waals surface area contributed by atoms with Gasteiger partial charge in [0.2, 0.25) is 15.9 Å². The summed E-state index contributed by atoms with van der Waals surface area (Å²) < 4.78 is 25.5. The maximum Gasteiger partial charge on any atom is 0.253 e. The van der Waals surface area contributed by atoms with Gasteiger partial charge in [0.05, 0.1) is 22.4 Å². The van der Waals surface area contributed by atoms with Gasteiger partial charge in [0, 0.05) is 31.0 Å². The second kappa shape index (κ2) is 8.51. The van der Waals surface area contributed by atoms with E-state index in [1.54, 1.807) is 30.3 Å². The van der Waals surface area contributed by atoms with E-state index in [0.29, 0.717) is 19.5 Å². The fourth-order valence-electron chi connectivity index (χ4n) is 3.27. The fraction of sp³-hybridized carbons (Fsp3) is 0.350. The molecular weight excluding hydrogens is 414 g/mol. The third kappa shape index (κ3) is 4.43. The number of rotatable bonds is 6. The van der Waals surface area contributed by atoms with Crippen molar-refractivity contribution in [3.05, 3.63) is 58.9 Å². The summed E-state index contributed by atoms with van der Waals surface area (Å²) >= 11 is 6.19. The van der Waals surface area contributed by atoms with Crippen molar-refractivity contribution in [1.82, 2.24) is 9.88 Å². The number of halogens is 1. The van der Waals surface area contributed by atoms with Gasteiger partial charge >= 0.3 is 0 Å². The lowest BCUT2D eigenvalue weighted by atomic mass is 10.1. The first-order valence-corrected chi connectivity index (χ1v) is 11.3. The lowest BCUT2D eigenvalue weighted by Gasteiger charge is -2.22. The number of aromatic nitrogens is 1. The van der Waals surface area contributed by atoms with Crippen LogP contribution in [-0.4, -0.2) is 49.0 Å². The maximum absolute atomic E-state index is 13.0. The Bertz CT molecular complexity index is 1030. The molecule has 0 saturated carbocycles. The Hall–Kier alpha value is -2.45. The molecule has 0 aliphatic carbocycles. The lowest BCUT2D eigenvalue weighted by Crippen LogP contribution is -2.34. The van der Waals surface area contributed by atoms with Gasteiger partial charge in [-0.15, -0.1) is 0 Å². The number of hydrogen-bond acceptors (Lipinski definition) is 5. The number of anilines is 1. The number of likely N-dealkylation sites (N-methyl/N-ethyl adjacent to an activating group) is 1. The van der Waals surface area contributed by atoms with Gasteiger partial charge in [-0.05, 0) is 49.2 Å². The molecule has 7 nitrogen and oxygen atoms in total. The third-order valence-corrected chi connectivity index (χ3v) is 7.03. The van der Waals surface area contributed by atoms with Crippen LogP contribution in [0.2, 0.25) is 5.02 Å². The molecule has 154 valence electrons. The molecule has 1 aliphatic heterocycles. The van der Waals surface area contributed by atoms with Gasteiger partial charge in [-0.25, -0.2) is 12.7 Å². The Morgan fingerprint density at radius 1 is 1.28 bits per heavy atom. The molecule has 0 spiro atoms. The molecule has 0 N–H and O–H groups in total. The summed E-state index contributed by atoms with van der Waals surface area (Å²) in [5.41, 5.74) is 1.37. The third-order valence-electron chi connectivity index (χ3n) is 4.86. The molecule has 1 aromatic heterocycles. The highest BCUT2D eigenvalue weighted by molar-refractivity contribution is 7.94. The number of hydrogen-bond donors (Lipinski definition) is 0. The second-order valence-electron chi connectivity index (χ2n) is 6.94. The van der Waals surface area contributed by atoms with Crippen LogP contribution in [0.4, 0.5) is 5.69 Å². The molecule has 1 aromatic carbocycles. The molecule has 1 fully saturated rings. The van der Waals surface area contributed by atoms with E-state index in [4.69, 9.17) is 11.6 Å². The molecule has 3 rings (SSSR count). The molecule has 9 heteroatoms. The van der Waals surface area contributed by atoms with E-state index in [-0.39, 0.29) is 27.9 Å². The number of carbonyl (C=O) groups excluding carboxylic acids is 2. The molecule has 0 bridgehead atoms. The van der Waals surface area contributed by atoms with Crippen LogP contribution < -0.4 is 4.31 Å². The number of sulfonamides is 1. The number of nitrogens with zero attached hydrogens (tertiary/aromatic N) is 3. The second-order valence-corrected chi connectivity index (χ2v) is 9.21. The maximum atomic E-state index is 13.0. The van der Waals surface area contributed by atoms with E-state index >= 15 is 0 Å². The van der Waals surface area contributed by atoms with Gasteiger partial charge in [-0.3, -0.25) is 14.6 Å². The summed E-state index contributed by atoms with van der Waals surface area (Å²) in [5, 5.41) is 0.104. The predicted octanol–water partition coefficient (Wildman–Crippen LogP) is 2.75. The van der Waals surface area contributed by atoms with Gasteiger partial charge in [0.1, 0.15) is 0 Å². The number of benzene rings is 1. The first-order valence-electron chi connectivity index (χ1n) is 9.29. The van der Waals surface area contributed by atoms with Crippen LogP contribution in [0.3, 0.4) is 0 Å². The van der Waals surface area contributed by atoms with Crippen LogP contribution in [-0.2, 0) is 21.2 Å². The molecule has 1 unspecified atom stereocenters. The smallest absolute Gasteiger partial charge is 0.253 e. The molecule has 29 heavy (non-hydrogen) atoms. The summed E-state index contributed by atoms with van der Waals surface area (Å²) in [6, 6.07) is 8.16. The molecular formula is C20H22ClN3O4S. The van der Waals surface area contributed by atoms with Crippen LogP contribution in [0.5, 0.6) is 0 Å². The minimum absolute atomic E-state index is 0.0250. The van der Waals surface area contributed by atoms with Crippen molar-refractivity contribution >= 4 is 39.1 Å². The SMILES string of the molecule is CCN(CCc1ccncc1)C(=O)c1ccc(Cl)c(N2C(=O)C(C)CS2(=O)=O)c1. The molecule has 1 aliphatic rings. The van der Waals surface area contributed by atoms with Crippen molar-refractivity contribution in [2.45, 2.75) is 20.3 Å². The van der Waals surface area contributed by atoms with Crippen molar-refractivity contribution in [3.8, 4) is 0 Å². The molecule has 0 radical (unpaired) electrons. The van der Waals surface area contributed by atoms with Crippen LogP contribution >= 0.6 is 11.6 Å². The highest BCUT2D eigenvalue weighted by Crippen LogP contribution is 2.34. The standard InChI is InChI=1S/C20H22ClN3O4S/c1-3-23(11-8-15-6-9-22-10-7-15)20(26)16-4-5-17(21)18(12-16)24-19(25)14(2)13-29(24,27)28/h4-7,9-10,12,14H,3,8,11,13H2,1-2H3. The van der Waals surface area contributed by atoms with Gasteiger partial charge in [0.25, 0.3) is 5.91 Å². The van der Waals surface area contributed by atoms with E-state index in [0.717, 1.165) is 9.87 Å². The van der Waals surface area contributed by atoms with E-state index in [2.05, 4.69) is 4.98 Å². The summed E-state index contributed by atoms with van der Waals surface area (Å²) in [5.74, 6) is -1.71. The number of carbonyl (C=O) groups is 2. The molecule has 2 amide bonds. The lowest BCUT2D eigenvalue weighted by molar-refractivity contribution is -0.119. The Labute approximate surface area is 175 Å². The summed E-state index contributed by atoms with van der Waals surface area (Å²) in [4.78, 5) is 31.0. The van der Waals surface area contributed by atoms with Crippen LogP contribution in [0, 0.1) is 5.92 Å². The minimum atomic E-state index is -3.81. The highest BCUT2D eigenvalue weighted by atomic mass is 35.5. The van der Waals surface area contributed by atoms with Crippen molar-refractivity contribution in [2.24, 2.45) is 5.92 Å². The van der Waals surface area contributed by atoms with Crippen molar-refractivity contribution in [2.75, 3.05) is 23.1 Å². The van der Waals surface area contributed by atoms with Gasteiger partial charge in [-0.2, -0.15) is 0 Å². The Kier molecular flexibility index (Phi) is 6.24. The topological polar surface area (TPSA) is 87.7 Å². The van der Waals surface area contributed by atoms with Crippen LogP contribution in [0.1, 0.15) is 29.8 Å². The first kappa shape index (κ1) is 21.3. The van der Waals surface area contributed by atoms with E-state index in [9.17, 15) is 18.0 Å². The predicted molar refractivity (Wildman–Crippen MR) is 111 cm³/mol. The van der Waals surface area contributed by atoms with Crippen molar-refractivity contribution < 1.29 is 18.0 Å². The van der Waals surface area contributed by atoms with E-state index < -0.39 is 21.8 Å². The Morgan fingerprint density at radius 2 is 1.97 bits per heavy atom. The summed E-state index contributed by atoms with van der Waals surface area (Å²) in [6.07, 6.45) is 4.07. The number of amides is 2. The quantitative estimate of drug-likeness (QED) is 0.696. The zero-order chi connectivity index (χ0) is 21.2. The molecule has 2 aromatic rings. The summed E-state index contributed by atoms with van der Waals surface area (Å²) in [7, 11) is -3.81. The van der Waals surface area contributed by atoms with E-state index in [1.165, 1.54) is 12.1 Å². The zero-order valence-electron chi connectivity index (χ0n) is 16.2. The average Bonchev–Trinajstić information content (AvgIpc) is 2.90. The Morgan fingerprint density at radius 3 is 2.55 bits per heavy atom. The summed E-state index contributed by atoms with van der Waals surface area (Å²) in [6.45, 7) is 4.41. The molecule has 1 saturated heterocycles. The van der Waals surface area contributed by atoms with Gasteiger partial charge in [-0.1, -0.05) is 18.5 Å². The van der Waals surface area contributed by atoms with Crippen LogP contribution in [0.25, 0.3) is 0 Å². The fourth-order valence-corrected chi connectivity index (χ4v) is 5.35. The normalized spacial score (nSPS) is 18.1. The largest absolute Gasteiger partial charge is 0.339 e. The first-order chi connectivity index (χ1) is 13.7. The average molecular weight is 436 g/mol. The highest BCUT2D eigenvalue weighted by Gasteiger charge is 2.43. The van der Waals surface area contributed by atoms with Crippen LogP contribution in [0.15, 0.2) is 42.7 Å².